The highest BCUT2D eigenvalue weighted by molar-refractivity contribution is 7.85. The van der Waals surface area contributed by atoms with Crippen LogP contribution in [0.3, 0.4) is 0 Å². The van der Waals surface area contributed by atoms with Crippen LogP contribution in [0, 0.1) is 6.92 Å². The van der Waals surface area contributed by atoms with E-state index in [1.54, 1.807) is 32.9 Å². The number of amides is 1. The van der Waals surface area contributed by atoms with Gasteiger partial charge in [-0.05, 0) is 87.9 Å². The second kappa shape index (κ2) is 14.4. The first-order chi connectivity index (χ1) is 19.8. The molecule has 0 saturated heterocycles. The molecular weight excluding hydrogens is 556 g/mol. The van der Waals surface area contributed by atoms with Crippen molar-refractivity contribution in [3.63, 3.8) is 0 Å². The fraction of sp³-hybridized carbons (Fsp3) is 0.375. The summed E-state index contributed by atoms with van der Waals surface area (Å²) >= 11 is 0. The molecule has 0 unspecified atom stereocenters. The van der Waals surface area contributed by atoms with Gasteiger partial charge in [-0.1, -0.05) is 66.2 Å². The van der Waals surface area contributed by atoms with Crippen molar-refractivity contribution in [1.29, 1.82) is 0 Å². The summed E-state index contributed by atoms with van der Waals surface area (Å²) in [5.41, 5.74) is 10.5. The predicted octanol–water partition coefficient (Wildman–Crippen LogP) is 5.61. The molecule has 0 bridgehead atoms. The monoisotopic (exact) mass is 596 g/mol. The second-order valence-corrected chi connectivity index (χ2v) is 12.6. The van der Waals surface area contributed by atoms with Crippen LogP contribution in [-0.4, -0.2) is 49.8 Å². The van der Waals surface area contributed by atoms with Crippen LogP contribution in [0.15, 0.2) is 77.7 Å². The number of rotatable bonds is 9. The Labute approximate surface area is 248 Å². The number of ether oxygens (including phenoxy) is 2. The van der Waals surface area contributed by atoms with Crippen LogP contribution in [0.4, 0.5) is 4.79 Å². The van der Waals surface area contributed by atoms with E-state index in [1.165, 1.54) is 23.3 Å². The Morgan fingerprint density at radius 3 is 1.98 bits per heavy atom. The maximum Gasteiger partial charge on any atom is 0.407 e. The molecule has 0 aliphatic heterocycles. The van der Waals surface area contributed by atoms with E-state index in [0.29, 0.717) is 19.4 Å². The lowest BCUT2D eigenvalue weighted by Gasteiger charge is -2.24. The molecule has 9 nitrogen and oxygen atoms in total. The minimum absolute atomic E-state index is 0.0321. The summed E-state index contributed by atoms with van der Waals surface area (Å²) in [7, 11) is -4.02. The SMILES string of the molecule is CC(C)(C)OC(=O)[C@H](CCCCN)NC(=O)OCC1c2ccccc2-c2ccccc21.Cc1ccc(S(=O)(=O)O)cc1. The number of carbonyl (C=O) groups excluding carboxylic acids is 2. The molecule has 0 saturated carbocycles. The van der Waals surface area contributed by atoms with Crippen molar-refractivity contribution >= 4 is 22.2 Å². The van der Waals surface area contributed by atoms with Crippen molar-refractivity contribution in [1.82, 2.24) is 5.32 Å². The molecule has 1 aliphatic rings. The van der Waals surface area contributed by atoms with E-state index in [9.17, 15) is 18.0 Å². The molecule has 1 atom stereocenters. The topological polar surface area (TPSA) is 145 Å². The number of unbranched alkanes of at least 4 members (excludes halogenated alkanes) is 1. The Hall–Kier alpha value is -3.73. The lowest BCUT2D eigenvalue weighted by Crippen LogP contribution is -2.44. The van der Waals surface area contributed by atoms with E-state index in [4.69, 9.17) is 19.8 Å². The maximum atomic E-state index is 12.6. The summed E-state index contributed by atoms with van der Waals surface area (Å²) in [6, 6.07) is 21.5. The van der Waals surface area contributed by atoms with E-state index in [-0.39, 0.29) is 17.4 Å². The number of hydrogen-bond acceptors (Lipinski definition) is 7. The van der Waals surface area contributed by atoms with Gasteiger partial charge in [0.05, 0.1) is 4.90 Å². The fourth-order valence-corrected chi connectivity index (χ4v) is 5.09. The minimum Gasteiger partial charge on any atom is -0.458 e. The van der Waals surface area contributed by atoms with Gasteiger partial charge < -0.3 is 20.5 Å². The molecule has 226 valence electrons. The van der Waals surface area contributed by atoms with Crippen molar-refractivity contribution in [3.8, 4) is 11.1 Å². The van der Waals surface area contributed by atoms with Crippen LogP contribution in [0.25, 0.3) is 11.1 Å². The molecule has 0 radical (unpaired) electrons. The number of fused-ring (bicyclic) bond motifs is 3. The zero-order valence-electron chi connectivity index (χ0n) is 24.5. The van der Waals surface area contributed by atoms with Crippen molar-refractivity contribution in [3.05, 3.63) is 89.5 Å². The van der Waals surface area contributed by atoms with Crippen molar-refractivity contribution in [2.24, 2.45) is 5.73 Å². The zero-order valence-corrected chi connectivity index (χ0v) is 25.3. The van der Waals surface area contributed by atoms with Crippen LogP contribution in [0.5, 0.6) is 0 Å². The van der Waals surface area contributed by atoms with Gasteiger partial charge in [-0.3, -0.25) is 4.55 Å². The molecule has 4 N–H and O–H groups in total. The third kappa shape index (κ3) is 9.40. The largest absolute Gasteiger partial charge is 0.458 e. The van der Waals surface area contributed by atoms with E-state index in [2.05, 4.69) is 29.6 Å². The average molecular weight is 597 g/mol. The van der Waals surface area contributed by atoms with Gasteiger partial charge in [0.25, 0.3) is 10.1 Å². The van der Waals surface area contributed by atoms with Gasteiger partial charge in [0.15, 0.2) is 0 Å². The smallest absolute Gasteiger partial charge is 0.407 e. The van der Waals surface area contributed by atoms with E-state index < -0.39 is 33.8 Å². The van der Waals surface area contributed by atoms with E-state index in [1.807, 2.05) is 31.2 Å². The Morgan fingerprint density at radius 2 is 1.48 bits per heavy atom. The van der Waals surface area contributed by atoms with Gasteiger partial charge in [0, 0.05) is 5.92 Å². The first-order valence-corrected chi connectivity index (χ1v) is 15.3. The summed E-state index contributed by atoms with van der Waals surface area (Å²) < 4.78 is 40.6. The molecular formula is C32H40N2O7S. The van der Waals surface area contributed by atoms with Crippen LogP contribution < -0.4 is 11.1 Å². The van der Waals surface area contributed by atoms with Crippen molar-refractivity contribution < 1.29 is 32.0 Å². The summed E-state index contributed by atoms with van der Waals surface area (Å²) in [6.45, 7) is 7.98. The zero-order chi connectivity index (χ0) is 30.9. The van der Waals surface area contributed by atoms with Gasteiger partial charge in [-0.15, -0.1) is 0 Å². The third-order valence-electron chi connectivity index (χ3n) is 6.59. The average Bonchev–Trinajstić information content (AvgIpc) is 3.24. The lowest BCUT2D eigenvalue weighted by atomic mass is 9.98. The second-order valence-electron chi connectivity index (χ2n) is 11.1. The maximum absolute atomic E-state index is 12.6. The quantitative estimate of drug-likeness (QED) is 0.164. The van der Waals surface area contributed by atoms with Gasteiger partial charge in [0.1, 0.15) is 18.2 Å². The number of nitrogens with two attached hydrogens (primary N) is 1. The summed E-state index contributed by atoms with van der Waals surface area (Å²) in [5.74, 6) is -0.492. The predicted molar refractivity (Wildman–Crippen MR) is 162 cm³/mol. The normalized spacial score (nSPS) is 13.2. The highest BCUT2D eigenvalue weighted by atomic mass is 32.2. The Morgan fingerprint density at radius 1 is 0.929 bits per heavy atom. The fourth-order valence-electron chi connectivity index (χ4n) is 4.61. The Kier molecular flexibility index (Phi) is 11.3. The number of benzene rings is 3. The molecule has 1 amide bonds. The Bertz CT molecular complexity index is 1420. The van der Waals surface area contributed by atoms with Crippen LogP contribution in [0.2, 0.25) is 0 Å². The minimum atomic E-state index is -4.02. The van der Waals surface area contributed by atoms with Gasteiger partial charge in [-0.25, -0.2) is 9.59 Å². The molecule has 3 aromatic rings. The van der Waals surface area contributed by atoms with E-state index >= 15 is 0 Å². The molecule has 0 aromatic heterocycles. The Balaban J connectivity index is 0.000000369. The standard InChI is InChI=1S/C25H32N2O4.C7H8O3S/c1-25(2,3)31-23(28)22(14-8-9-15-26)27-24(29)30-16-21-19-12-6-4-10-17(19)18-11-5-7-13-20(18)21;1-6-2-4-7(5-3-6)11(8,9)10/h4-7,10-13,21-22H,8-9,14-16,26H2,1-3H3,(H,27,29);2-5H,1H3,(H,8,9,10)/t22-;/m0./s1. The highest BCUT2D eigenvalue weighted by Gasteiger charge is 2.30. The first-order valence-electron chi connectivity index (χ1n) is 13.9. The van der Waals surface area contributed by atoms with Gasteiger partial charge in [0.2, 0.25) is 0 Å². The van der Waals surface area contributed by atoms with Crippen molar-refractivity contribution in [2.75, 3.05) is 13.2 Å². The van der Waals surface area contributed by atoms with Crippen LogP contribution >= 0.6 is 0 Å². The van der Waals surface area contributed by atoms with Crippen LogP contribution in [-0.2, 0) is 24.4 Å². The van der Waals surface area contributed by atoms with Gasteiger partial charge >= 0.3 is 12.1 Å². The summed E-state index contributed by atoms with van der Waals surface area (Å²) in [5, 5.41) is 2.69. The molecule has 0 fully saturated rings. The molecule has 3 aromatic carbocycles. The van der Waals surface area contributed by atoms with E-state index in [0.717, 1.165) is 23.1 Å². The molecule has 10 heteroatoms. The number of hydrogen-bond donors (Lipinski definition) is 3. The van der Waals surface area contributed by atoms with Crippen LogP contribution in [0.1, 0.15) is 62.6 Å². The number of aryl methyl sites for hydroxylation is 1. The first kappa shape index (κ1) is 32.8. The molecule has 4 rings (SSSR count). The summed E-state index contributed by atoms with van der Waals surface area (Å²) in [4.78, 5) is 25.1. The number of nitrogens with one attached hydrogen (secondary N) is 1. The number of esters is 1. The summed E-state index contributed by atoms with van der Waals surface area (Å²) in [6.07, 6.45) is 1.32. The number of carbonyl (C=O) groups is 2. The third-order valence-corrected chi connectivity index (χ3v) is 7.46. The highest BCUT2D eigenvalue weighted by Crippen LogP contribution is 2.44. The molecule has 0 spiro atoms. The number of alkyl carbamates (subject to hydrolysis) is 1. The molecule has 42 heavy (non-hydrogen) atoms. The van der Waals surface area contributed by atoms with Gasteiger partial charge in [-0.2, -0.15) is 8.42 Å². The van der Waals surface area contributed by atoms with Crippen molar-refractivity contribution in [2.45, 2.75) is 69.4 Å². The molecule has 1 aliphatic carbocycles. The lowest BCUT2D eigenvalue weighted by molar-refractivity contribution is -0.157. The molecule has 0 heterocycles.